The van der Waals surface area contributed by atoms with E-state index in [1.807, 2.05) is 13.0 Å². The van der Waals surface area contributed by atoms with E-state index < -0.39 is 22.1 Å². The number of hydrogen-bond donors (Lipinski definition) is 2. The van der Waals surface area contributed by atoms with Crippen LogP contribution in [0.3, 0.4) is 0 Å². The first-order valence-electron chi connectivity index (χ1n) is 7.03. The summed E-state index contributed by atoms with van der Waals surface area (Å²) in [5.41, 5.74) is 0.732. The van der Waals surface area contributed by atoms with E-state index in [2.05, 4.69) is 4.74 Å². The van der Waals surface area contributed by atoms with Crippen LogP contribution in [0.2, 0.25) is 0 Å². The Labute approximate surface area is 141 Å². The van der Waals surface area contributed by atoms with Crippen LogP contribution in [-0.2, 0) is 24.4 Å². The summed E-state index contributed by atoms with van der Waals surface area (Å²) in [4.78, 5) is 20.6. The molecule has 132 valence electrons. The molecule has 0 spiro atoms. The molecule has 0 unspecified atom stereocenters. The first-order valence-corrected chi connectivity index (χ1v) is 8.53. The number of unbranched alkanes of at least 4 members (excludes halogenated alkanes) is 1. The normalized spacial score (nSPS) is 11.1. The number of carboxylic acid groups (broad SMARTS) is 1. The summed E-state index contributed by atoms with van der Waals surface area (Å²) < 4.78 is 33.6. The third-order valence-electron chi connectivity index (χ3n) is 2.34. The van der Waals surface area contributed by atoms with Crippen LogP contribution < -0.4 is 0 Å². The van der Waals surface area contributed by atoms with Gasteiger partial charge in [0.1, 0.15) is 0 Å². The third kappa shape index (κ3) is 14.5. The zero-order chi connectivity index (χ0) is 18.4. The summed E-state index contributed by atoms with van der Waals surface area (Å²) >= 11 is 0. The number of carbonyl (C=O) groups is 2. The van der Waals surface area contributed by atoms with Gasteiger partial charge in [0.15, 0.2) is 0 Å². The van der Waals surface area contributed by atoms with Crippen LogP contribution in [0.4, 0.5) is 0 Å². The monoisotopic (exact) mass is 356 g/mol. The molecule has 0 atom stereocenters. The van der Waals surface area contributed by atoms with E-state index in [1.165, 1.54) is 6.08 Å². The van der Waals surface area contributed by atoms with Crippen LogP contribution in [0, 0.1) is 0 Å². The van der Waals surface area contributed by atoms with Crippen molar-refractivity contribution in [1.29, 1.82) is 0 Å². The molecule has 0 radical (unpaired) electrons. The second kappa shape index (κ2) is 12.0. The molecule has 1 aromatic carbocycles. The maximum absolute atomic E-state index is 10.6. The van der Waals surface area contributed by atoms with Crippen molar-refractivity contribution in [3.05, 3.63) is 53.5 Å². The Bertz CT molecular complexity index is 661. The van der Waals surface area contributed by atoms with Gasteiger partial charge in [-0.3, -0.25) is 4.55 Å². The Morgan fingerprint density at radius 1 is 1.17 bits per heavy atom. The van der Waals surface area contributed by atoms with Crippen molar-refractivity contribution in [3.63, 3.8) is 0 Å². The summed E-state index contributed by atoms with van der Waals surface area (Å²) in [6.07, 6.45) is 4.73. The van der Waals surface area contributed by atoms with Crippen LogP contribution in [0.15, 0.2) is 47.9 Å². The Morgan fingerprint density at radius 2 is 1.79 bits per heavy atom. The van der Waals surface area contributed by atoms with Gasteiger partial charge in [-0.2, -0.15) is 8.42 Å². The largest absolute Gasteiger partial charge is 0.478 e. The van der Waals surface area contributed by atoms with Crippen LogP contribution in [0.5, 0.6) is 0 Å². The fourth-order valence-electron chi connectivity index (χ4n) is 1.23. The average Bonchev–Trinajstić information content (AvgIpc) is 2.52. The van der Waals surface area contributed by atoms with Crippen LogP contribution >= 0.6 is 0 Å². The number of rotatable bonds is 7. The summed E-state index contributed by atoms with van der Waals surface area (Å²) in [5, 5.41) is 8.89. The molecule has 24 heavy (non-hydrogen) atoms. The number of carboxylic acids is 1. The highest BCUT2D eigenvalue weighted by Crippen LogP contribution is 2.01. The molecule has 0 fully saturated rings. The van der Waals surface area contributed by atoms with Gasteiger partial charge in [-0.25, -0.2) is 9.59 Å². The second-order valence-corrected chi connectivity index (χ2v) is 5.72. The quantitative estimate of drug-likeness (QED) is 0.333. The number of esters is 1. The predicted octanol–water partition coefficient (Wildman–Crippen LogP) is 2.52. The van der Waals surface area contributed by atoms with Gasteiger partial charge in [0.05, 0.1) is 12.0 Å². The third-order valence-corrected chi connectivity index (χ3v) is 2.82. The van der Waals surface area contributed by atoms with Gasteiger partial charge < -0.3 is 9.84 Å². The summed E-state index contributed by atoms with van der Waals surface area (Å²) in [7, 11) is -4.00. The van der Waals surface area contributed by atoms with Crippen LogP contribution in [-0.4, -0.2) is 36.6 Å². The van der Waals surface area contributed by atoms with E-state index in [-0.39, 0.29) is 0 Å². The molecule has 0 aliphatic carbocycles. The minimum Gasteiger partial charge on any atom is -0.478 e. The molecule has 0 aliphatic heterocycles. The van der Waals surface area contributed by atoms with Crippen molar-refractivity contribution in [2.24, 2.45) is 0 Å². The van der Waals surface area contributed by atoms with E-state index in [4.69, 9.17) is 9.66 Å². The standard InChI is InChI=1S/C8H12O4.C8H8O3S/c1-2-3-6-12-8(11)5-4-7(9)10;9-12(10,11)7-6-8-4-2-1-3-5-8/h4-5H,2-3,6H2,1H3,(H,9,10);1-7H,(H,9,10,11)/b5-4-;. The minimum atomic E-state index is -4.00. The highest BCUT2D eigenvalue weighted by molar-refractivity contribution is 7.88. The fourth-order valence-corrected chi connectivity index (χ4v) is 1.56. The van der Waals surface area contributed by atoms with Gasteiger partial charge in [0.25, 0.3) is 10.1 Å². The van der Waals surface area contributed by atoms with E-state index in [1.54, 1.807) is 24.3 Å². The maximum Gasteiger partial charge on any atom is 0.331 e. The molecule has 7 nitrogen and oxygen atoms in total. The lowest BCUT2D eigenvalue weighted by Gasteiger charge is -1.97. The second-order valence-electron chi connectivity index (χ2n) is 4.42. The zero-order valence-electron chi connectivity index (χ0n) is 13.2. The van der Waals surface area contributed by atoms with Crippen molar-refractivity contribution in [3.8, 4) is 0 Å². The molecule has 0 amide bonds. The van der Waals surface area contributed by atoms with E-state index in [9.17, 15) is 18.0 Å². The fraction of sp³-hybridized carbons (Fsp3) is 0.250. The zero-order valence-corrected chi connectivity index (χ0v) is 14.0. The Hall–Kier alpha value is -2.45. The van der Waals surface area contributed by atoms with Gasteiger partial charge >= 0.3 is 11.9 Å². The first-order chi connectivity index (χ1) is 11.2. The van der Waals surface area contributed by atoms with Gasteiger partial charge in [-0.1, -0.05) is 43.7 Å². The molecule has 0 aliphatic rings. The van der Waals surface area contributed by atoms with Crippen molar-refractivity contribution < 1.29 is 32.4 Å². The van der Waals surface area contributed by atoms with Crippen molar-refractivity contribution >= 4 is 28.1 Å². The van der Waals surface area contributed by atoms with E-state index >= 15 is 0 Å². The Balaban J connectivity index is 0.000000441. The highest BCUT2D eigenvalue weighted by Gasteiger charge is 1.96. The Morgan fingerprint density at radius 3 is 2.29 bits per heavy atom. The molecule has 2 N–H and O–H groups in total. The number of ether oxygens (including phenoxy) is 1. The van der Waals surface area contributed by atoms with Crippen molar-refractivity contribution in [2.45, 2.75) is 19.8 Å². The number of carbonyl (C=O) groups excluding carboxylic acids is 1. The lowest BCUT2D eigenvalue weighted by molar-refractivity contribution is -0.138. The number of benzene rings is 1. The van der Waals surface area contributed by atoms with E-state index in [0.29, 0.717) is 6.61 Å². The minimum absolute atomic E-state index is 0.347. The van der Waals surface area contributed by atoms with Crippen LogP contribution in [0.1, 0.15) is 25.3 Å². The van der Waals surface area contributed by atoms with Crippen molar-refractivity contribution in [2.75, 3.05) is 6.61 Å². The summed E-state index contributed by atoms with van der Waals surface area (Å²) in [5.74, 6) is -1.76. The van der Waals surface area contributed by atoms with Crippen LogP contribution in [0.25, 0.3) is 6.08 Å². The topological polar surface area (TPSA) is 118 Å². The van der Waals surface area contributed by atoms with Gasteiger partial charge in [-0.05, 0) is 18.1 Å². The first kappa shape index (κ1) is 21.6. The lowest BCUT2D eigenvalue weighted by atomic mass is 10.2. The smallest absolute Gasteiger partial charge is 0.331 e. The molecule has 8 heteroatoms. The van der Waals surface area contributed by atoms with Gasteiger partial charge in [0, 0.05) is 12.2 Å². The maximum atomic E-state index is 10.6. The molecular weight excluding hydrogens is 336 g/mol. The summed E-state index contributed by atoms with van der Waals surface area (Å²) in [6.45, 7) is 2.32. The molecule has 0 bridgehead atoms. The molecule has 0 saturated heterocycles. The highest BCUT2D eigenvalue weighted by atomic mass is 32.2. The number of hydrogen-bond acceptors (Lipinski definition) is 5. The van der Waals surface area contributed by atoms with Gasteiger partial charge in [0.2, 0.25) is 0 Å². The van der Waals surface area contributed by atoms with Gasteiger partial charge in [-0.15, -0.1) is 0 Å². The molecule has 0 heterocycles. The average molecular weight is 356 g/mol. The SMILES string of the molecule is CCCCOC(=O)/C=C\C(=O)O.O=S(=O)(O)C=Cc1ccccc1. The molecule has 1 aromatic rings. The summed E-state index contributed by atoms with van der Waals surface area (Å²) in [6, 6.07) is 8.86. The van der Waals surface area contributed by atoms with Crippen molar-refractivity contribution in [1.82, 2.24) is 0 Å². The molecule has 0 saturated carbocycles. The Kier molecular flexibility index (Phi) is 10.8. The predicted molar refractivity (Wildman–Crippen MR) is 89.7 cm³/mol. The lowest BCUT2D eigenvalue weighted by Crippen LogP contribution is -2.02. The number of aliphatic carboxylic acids is 1. The molecule has 0 aromatic heterocycles. The molecular formula is C16H20O7S. The van der Waals surface area contributed by atoms with E-state index in [0.717, 1.165) is 36.0 Å². The molecule has 1 rings (SSSR count).